The van der Waals surface area contributed by atoms with Crippen LogP contribution in [0.2, 0.25) is 0 Å². The van der Waals surface area contributed by atoms with Gasteiger partial charge < -0.3 is 29.7 Å². The summed E-state index contributed by atoms with van der Waals surface area (Å²) in [6.45, 7) is 7.82. The van der Waals surface area contributed by atoms with Gasteiger partial charge in [0.25, 0.3) is 0 Å². The summed E-state index contributed by atoms with van der Waals surface area (Å²) in [6.07, 6.45) is 0.485. The van der Waals surface area contributed by atoms with Crippen molar-refractivity contribution in [3.63, 3.8) is 0 Å². The maximum atomic E-state index is 12.0. The normalized spacial score (nSPS) is 11.3. The van der Waals surface area contributed by atoms with E-state index in [9.17, 15) is 4.79 Å². The summed E-state index contributed by atoms with van der Waals surface area (Å²) in [6, 6.07) is 7.66. The molecule has 0 heterocycles. The van der Waals surface area contributed by atoms with Crippen molar-refractivity contribution in [1.82, 2.24) is 10.2 Å². The minimum atomic E-state index is -0.507. The van der Waals surface area contributed by atoms with Gasteiger partial charge in [0.2, 0.25) is 0 Å². The molecule has 1 aromatic carbocycles. The predicted octanol–water partition coefficient (Wildman–Crippen LogP) is 3.57. The Kier molecular flexibility index (Phi) is 13.4. The maximum Gasteiger partial charge on any atom is 0.410 e. The molecule has 0 aromatic heterocycles. The fraction of sp³-hybridized carbons (Fsp3) is 0.600. The number of methoxy groups -OCH3 is 1. The minimum absolute atomic E-state index is 0. The number of nitrogens with one attached hydrogen (secondary N) is 2. The lowest BCUT2D eigenvalue weighted by atomic mass is 10.2. The van der Waals surface area contributed by atoms with E-state index in [1.54, 1.807) is 21.2 Å². The smallest absolute Gasteiger partial charge is 0.410 e. The molecule has 0 aliphatic rings. The Morgan fingerprint density at radius 2 is 1.97 bits per heavy atom. The highest BCUT2D eigenvalue weighted by Crippen LogP contribution is 2.17. The van der Waals surface area contributed by atoms with E-state index in [1.165, 1.54) is 4.90 Å². The van der Waals surface area contributed by atoms with Crippen molar-refractivity contribution in [2.75, 3.05) is 52.8 Å². The van der Waals surface area contributed by atoms with Crippen LogP contribution in [-0.2, 0) is 9.47 Å². The Bertz CT molecular complexity index is 635. The molecule has 2 N–H and O–H groups in total. The van der Waals surface area contributed by atoms with E-state index < -0.39 is 5.60 Å². The number of rotatable bonds is 9. The van der Waals surface area contributed by atoms with E-state index >= 15 is 0 Å². The van der Waals surface area contributed by atoms with Gasteiger partial charge in [-0.25, -0.2) is 4.79 Å². The second-order valence-electron chi connectivity index (χ2n) is 7.25. The molecule has 0 saturated heterocycles. The summed E-state index contributed by atoms with van der Waals surface area (Å²) < 4.78 is 16.1. The second-order valence-corrected chi connectivity index (χ2v) is 7.25. The van der Waals surface area contributed by atoms with Gasteiger partial charge in [0, 0.05) is 59.1 Å². The van der Waals surface area contributed by atoms with E-state index in [2.05, 4.69) is 15.6 Å². The van der Waals surface area contributed by atoms with Crippen LogP contribution in [0.3, 0.4) is 0 Å². The van der Waals surface area contributed by atoms with Crippen molar-refractivity contribution < 1.29 is 19.0 Å². The SMILES string of the molecule is CN=C(NCCN(C)C(=O)OC(C)(C)C)Nc1cccc(OCCCOC)c1.I. The van der Waals surface area contributed by atoms with Gasteiger partial charge in [-0.05, 0) is 32.9 Å². The molecule has 1 amide bonds. The number of nitrogens with zero attached hydrogens (tertiary/aromatic N) is 2. The Morgan fingerprint density at radius 3 is 2.59 bits per heavy atom. The number of carbonyl (C=O) groups is 1. The molecule has 1 rings (SSSR count). The van der Waals surface area contributed by atoms with Gasteiger partial charge in [-0.1, -0.05) is 6.07 Å². The first-order valence-electron chi connectivity index (χ1n) is 9.38. The molecule has 0 aliphatic heterocycles. The average Bonchev–Trinajstić information content (AvgIpc) is 2.63. The molecule has 0 aliphatic carbocycles. The standard InChI is InChI=1S/C20H34N4O4.HI/c1-20(2,3)28-19(25)24(5)12-11-22-18(21-4)23-16-9-7-10-17(15-16)27-14-8-13-26-6;/h7,9-10,15H,8,11-14H2,1-6H3,(H2,21,22,23);1H. The maximum absolute atomic E-state index is 12.0. The van der Waals surface area contributed by atoms with Crippen molar-refractivity contribution in [2.24, 2.45) is 4.99 Å². The van der Waals surface area contributed by atoms with Crippen LogP contribution in [0.1, 0.15) is 27.2 Å². The van der Waals surface area contributed by atoms with Crippen LogP contribution in [0.15, 0.2) is 29.3 Å². The average molecular weight is 522 g/mol. The van der Waals surface area contributed by atoms with Crippen LogP contribution in [0.5, 0.6) is 5.75 Å². The zero-order chi connectivity index (χ0) is 21.0. The quantitative estimate of drug-likeness (QED) is 0.223. The Morgan fingerprint density at radius 1 is 1.24 bits per heavy atom. The molecule has 0 bridgehead atoms. The van der Waals surface area contributed by atoms with Gasteiger partial charge in [-0.2, -0.15) is 0 Å². The van der Waals surface area contributed by atoms with Gasteiger partial charge >= 0.3 is 6.09 Å². The van der Waals surface area contributed by atoms with E-state index in [0.717, 1.165) is 17.9 Å². The zero-order valence-corrected chi connectivity index (χ0v) is 20.6. The molecule has 0 spiro atoms. The van der Waals surface area contributed by atoms with Crippen LogP contribution < -0.4 is 15.4 Å². The number of aliphatic imine (C=N–C) groups is 1. The molecule has 0 radical (unpaired) electrons. The van der Waals surface area contributed by atoms with E-state index in [1.807, 2.05) is 45.0 Å². The monoisotopic (exact) mass is 522 g/mol. The Labute approximate surface area is 191 Å². The van der Waals surface area contributed by atoms with Gasteiger partial charge in [-0.15, -0.1) is 24.0 Å². The number of halogens is 1. The third-order valence-corrected chi connectivity index (χ3v) is 3.53. The summed E-state index contributed by atoms with van der Waals surface area (Å²) in [5.41, 5.74) is 0.352. The third kappa shape index (κ3) is 12.4. The van der Waals surface area contributed by atoms with Crippen molar-refractivity contribution in [1.29, 1.82) is 0 Å². The third-order valence-electron chi connectivity index (χ3n) is 3.53. The summed E-state index contributed by atoms with van der Waals surface area (Å²) >= 11 is 0. The summed E-state index contributed by atoms with van der Waals surface area (Å²) in [5.74, 6) is 1.38. The fourth-order valence-corrected chi connectivity index (χ4v) is 2.15. The fourth-order valence-electron chi connectivity index (χ4n) is 2.15. The van der Waals surface area contributed by atoms with Crippen molar-refractivity contribution >= 4 is 41.7 Å². The molecule has 0 atom stereocenters. The van der Waals surface area contributed by atoms with Gasteiger partial charge in [-0.3, -0.25) is 4.99 Å². The summed E-state index contributed by atoms with van der Waals surface area (Å²) in [4.78, 5) is 17.7. The highest BCUT2D eigenvalue weighted by atomic mass is 127. The molecular weight excluding hydrogens is 487 g/mol. The number of amides is 1. The number of hydrogen-bond donors (Lipinski definition) is 2. The summed E-state index contributed by atoms with van der Waals surface area (Å²) in [7, 11) is 5.07. The molecule has 8 nitrogen and oxygen atoms in total. The molecule has 9 heteroatoms. The van der Waals surface area contributed by atoms with E-state index in [4.69, 9.17) is 14.2 Å². The molecule has 0 fully saturated rings. The first-order valence-corrected chi connectivity index (χ1v) is 9.38. The molecule has 0 saturated carbocycles. The van der Waals surface area contributed by atoms with Gasteiger partial charge in [0.1, 0.15) is 11.4 Å². The lowest BCUT2D eigenvalue weighted by molar-refractivity contribution is 0.0302. The first-order chi connectivity index (χ1) is 13.2. The summed E-state index contributed by atoms with van der Waals surface area (Å²) in [5, 5.41) is 6.39. The second kappa shape index (κ2) is 14.3. The number of ether oxygens (including phenoxy) is 3. The largest absolute Gasteiger partial charge is 0.493 e. The van der Waals surface area contributed by atoms with Crippen molar-refractivity contribution in [3.05, 3.63) is 24.3 Å². The van der Waals surface area contributed by atoms with Crippen molar-refractivity contribution in [2.45, 2.75) is 32.8 Å². The highest BCUT2D eigenvalue weighted by Gasteiger charge is 2.19. The van der Waals surface area contributed by atoms with Crippen molar-refractivity contribution in [3.8, 4) is 5.75 Å². The number of benzene rings is 1. The van der Waals surface area contributed by atoms with Crippen LogP contribution in [0.4, 0.5) is 10.5 Å². The predicted molar refractivity (Wildman–Crippen MR) is 128 cm³/mol. The Hall–Kier alpha value is -1.75. The number of anilines is 1. The molecule has 0 unspecified atom stereocenters. The molecule has 166 valence electrons. The van der Waals surface area contributed by atoms with Crippen LogP contribution in [0, 0.1) is 0 Å². The van der Waals surface area contributed by atoms with Crippen LogP contribution in [0.25, 0.3) is 0 Å². The topological polar surface area (TPSA) is 84.4 Å². The van der Waals surface area contributed by atoms with E-state index in [-0.39, 0.29) is 30.1 Å². The lowest BCUT2D eigenvalue weighted by Gasteiger charge is -2.25. The molecule has 1 aromatic rings. The molecule has 29 heavy (non-hydrogen) atoms. The number of likely N-dealkylation sites (N-methyl/N-ethyl adjacent to an activating group) is 1. The minimum Gasteiger partial charge on any atom is -0.493 e. The lowest BCUT2D eigenvalue weighted by Crippen LogP contribution is -2.40. The zero-order valence-electron chi connectivity index (χ0n) is 18.3. The number of hydrogen-bond acceptors (Lipinski definition) is 5. The van der Waals surface area contributed by atoms with Gasteiger partial charge in [0.05, 0.1) is 6.61 Å². The van der Waals surface area contributed by atoms with E-state index in [0.29, 0.717) is 32.3 Å². The first kappa shape index (κ1) is 27.2. The van der Waals surface area contributed by atoms with Gasteiger partial charge in [0.15, 0.2) is 5.96 Å². The Balaban J connectivity index is 0.00000784. The molecular formula is C20H35IN4O4. The number of guanidine groups is 1. The van der Waals surface area contributed by atoms with Crippen LogP contribution >= 0.6 is 24.0 Å². The number of carbonyl (C=O) groups excluding carboxylic acids is 1. The highest BCUT2D eigenvalue weighted by molar-refractivity contribution is 14.0. The van der Waals surface area contributed by atoms with Crippen LogP contribution in [-0.4, -0.2) is 70.1 Å².